The minimum absolute atomic E-state index is 0.140. The first-order chi connectivity index (χ1) is 14.6. The molecule has 0 aliphatic carbocycles. The van der Waals surface area contributed by atoms with Crippen molar-refractivity contribution in [3.63, 3.8) is 0 Å². The van der Waals surface area contributed by atoms with Gasteiger partial charge < -0.3 is 14.6 Å². The quantitative estimate of drug-likeness (QED) is 0.496. The zero-order valence-electron chi connectivity index (χ0n) is 16.2. The molecule has 0 aliphatic heterocycles. The van der Waals surface area contributed by atoms with Gasteiger partial charge in [-0.3, -0.25) is 9.59 Å². The van der Waals surface area contributed by atoms with E-state index in [1.807, 2.05) is 30.3 Å². The number of fused-ring (bicyclic) bond motifs is 1. The molecule has 150 valence electrons. The lowest BCUT2D eigenvalue weighted by molar-refractivity contribution is -0.111. The van der Waals surface area contributed by atoms with E-state index in [4.69, 9.17) is 9.26 Å². The third kappa shape index (κ3) is 4.64. The molecule has 0 spiro atoms. The highest BCUT2D eigenvalue weighted by Gasteiger charge is 2.07. The first kappa shape index (κ1) is 19.2. The van der Waals surface area contributed by atoms with Crippen LogP contribution in [0.1, 0.15) is 17.0 Å². The zero-order chi connectivity index (χ0) is 20.9. The molecule has 0 bridgehead atoms. The van der Waals surface area contributed by atoms with Crippen LogP contribution in [0.3, 0.4) is 0 Å². The average molecular weight is 401 g/mol. The molecule has 0 atom stereocenters. The molecule has 0 fully saturated rings. The van der Waals surface area contributed by atoms with E-state index in [0.717, 1.165) is 10.1 Å². The molecule has 0 saturated heterocycles. The third-order valence-corrected chi connectivity index (χ3v) is 4.26. The van der Waals surface area contributed by atoms with Crippen LogP contribution < -0.4 is 15.6 Å². The summed E-state index contributed by atoms with van der Waals surface area (Å²) in [5, 5.41) is 2.79. The van der Waals surface area contributed by atoms with E-state index < -0.39 is 0 Å². The van der Waals surface area contributed by atoms with Crippen LogP contribution in [0.2, 0.25) is 0 Å². The standard InChI is InChI=1S/C23H19N3O4/c1-16-13-21-24-19(14-23(28)26(21)30-16)15-29-20-10-8-18(9-11-20)25-22(27)12-7-17-5-3-2-4-6-17/h2-14H,15H2,1H3,(H,25,27)/b12-7+. The van der Waals surface area contributed by atoms with Gasteiger partial charge in [0.1, 0.15) is 18.1 Å². The number of anilines is 1. The molecule has 2 aromatic carbocycles. The van der Waals surface area contributed by atoms with Gasteiger partial charge in [-0.25, -0.2) is 4.98 Å². The van der Waals surface area contributed by atoms with Crippen LogP contribution in [-0.2, 0) is 11.4 Å². The Bertz CT molecular complexity index is 1260. The molecule has 0 saturated carbocycles. The molecule has 2 heterocycles. The molecule has 7 heteroatoms. The van der Waals surface area contributed by atoms with E-state index >= 15 is 0 Å². The lowest BCUT2D eigenvalue weighted by atomic mass is 10.2. The number of benzene rings is 2. The molecule has 0 aliphatic rings. The largest absolute Gasteiger partial charge is 0.487 e. The van der Waals surface area contributed by atoms with Crippen LogP contribution >= 0.6 is 0 Å². The number of nitrogens with one attached hydrogen (secondary N) is 1. The van der Waals surface area contributed by atoms with Crippen molar-refractivity contribution < 1.29 is 14.1 Å². The second-order valence-electron chi connectivity index (χ2n) is 6.63. The normalized spacial score (nSPS) is 11.1. The van der Waals surface area contributed by atoms with Gasteiger partial charge in [-0.2, -0.15) is 0 Å². The van der Waals surface area contributed by atoms with Gasteiger partial charge in [-0.05, 0) is 42.8 Å². The molecule has 2 aromatic heterocycles. The molecule has 4 aromatic rings. The Morgan fingerprint density at radius 3 is 2.67 bits per heavy atom. The Morgan fingerprint density at radius 1 is 1.13 bits per heavy atom. The van der Waals surface area contributed by atoms with Crippen molar-refractivity contribution in [2.24, 2.45) is 0 Å². The van der Waals surface area contributed by atoms with E-state index in [0.29, 0.717) is 28.5 Å². The van der Waals surface area contributed by atoms with E-state index in [2.05, 4.69) is 10.3 Å². The predicted molar refractivity (Wildman–Crippen MR) is 113 cm³/mol. The van der Waals surface area contributed by atoms with Gasteiger partial charge >= 0.3 is 0 Å². The summed E-state index contributed by atoms with van der Waals surface area (Å²) < 4.78 is 12.1. The fraction of sp³-hybridized carbons (Fsp3) is 0.0870. The number of hydrogen-bond donors (Lipinski definition) is 1. The lowest BCUT2D eigenvalue weighted by Gasteiger charge is -2.07. The Kier molecular flexibility index (Phi) is 5.43. The number of hydrogen-bond acceptors (Lipinski definition) is 5. The molecule has 1 N–H and O–H groups in total. The van der Waals surface area contributed by atoms with Crippen LogP contribution in [-0.4, -0.2) is 15.5 Å². The van der Waals surface area contributed by atoms with Gasteiger partial charge in [0.05, 0.1) is 5.69 Å². The molecule has 30 heavy (non-hydrogen) atoms. The topological polar surface area (TPSA) is 85.8 Å². The maximum Gasteiger partial charge on any atom is 0.287 e. The number of aromatic nitrogens is 2. The summed E-state index contributed by atoms with van der Waals surface area (Å²) in [7, 11) is 0. The summed E-state index contributed by atoms with van der Waals surface area (Å²) >= 11 is 0. The summed E-state index contributed by atoms with van der Waals surface area (Å²) in [4.78, 5) is 28.4. The van der Waals surface area contributed by atoms with Crippen molar-refractivity contribution in [3.8, 4) is 5.75 Å². The molecule has 1 amide bonds. The zero-order valence-corrected chi connectivity index (χ0v) is 16.2. The summed E-state index contributed by atoms with van der Waals surface area (Å²) in [6.07, 6.45) is 3.23. The number of nitrogens with zero attached hydrogens (tertiary/aromatic N) is 2. The van der Waals surface area contributed by atoms with E-state index in [-0.39, 0.29) is 18.1 Å². The summed E-state index contributed by atoms with van der Waals surface area (Å²) in [5.41, 5.74) is 2.25. The van der Waals surface area contributed by atoms with Crippen molar-refractivity contribution in [2.75, 3.05) is 5.32 Å². The Hall–Kier alpha value is -4.13. The highest BCUT2D eigenvalue weighted by Crippen LogP contribution is 2.17. The van der Waals surface area contributed by atoms with Crippen molar-refractivity contribution in [1.82, 2.24) is 9.56 Å². The maximum absolute atomic E-state index is 12.0. The number of ether oxygens (including phenoxy) is 1. The van der Waals surface area contributed by atoms with Crippen LogP contribution in [0.5, 0.6) is 5.75 Å². The van der Waals surface area contributed by atoms with Gasteiger partial charge in [0.2, 0.25) is 5.91 Å². The van der Waals surface area contributed by atoms with Gasteiger partial charge in [0.15, 0.2) is 5.65 Å². The predicted octanol–water partition coefficient (Wildman–Crippen LogP) is 3.83. The van der Waals surface area contributed by atoms with E-state index in [1.165, 1.54) is 12.1 Å². The fourth-order valence-corrected chi connectivity index (χ4v) is 2.86. The Labute approximate surface area is 172 Å². The number of aryl methyl sites for hydroxylation is 1. The summed E-state index contributed by atoms with van der Waals surface area (Å²) in [6.45, 7) is 1.89. The monoisotopic (exact) mass is 401 g/mol. The fourth-order valence-electron chi connectivity index (χ4n) is 2.86. The average Bonchev–Trinajstić information content (AvgIpc) is 3.13. The highest BCUT2D eigenvalue weighted by atomic mass is 16.5. The second-order valence-corrected chi connectivity index (χ2v) is 6.63. The van der Waals surface area contributed by atoms with Crippen LogP contribution in [0, 0.1) is 6.92 Å². The van der Waals surface area contributed by atoms with Crippen LogP contribution in [0.15, 0.2) is 82.1 Å². The van der Waals surface area contributed by atoms with Crippen molar-refractivity contribution in [3.05, 3.63) is 100 Å². The highest BCUT2D eigenvalue weighted by molar-refractivity contribution is 6.01. The SMILES string of the molecule is Cc1cc2nc(COc3ccc(NC(=O)/C=C/c4ccccc4)cc3)cc(=O)n2o1. The van der Waals surface area contributed by atoms with Gasteiger partial charge in [-0.1, -0.05) is 30.3 Å². The lowest BCUT2D eigenvalue weighted by Crippen LogP contribution is -2.14. The van der Waals surface area contributed by atoms with Crippen LogP contribution in [0.25, 0.3) is 11.7 Å². The first-order valence-electron chi connectivity index (χ1n) is 9.33. The van der Waals surface area contributed by atoms with Gasteiger partial charge in [-0.15, -0.1) is 4.57 Å². The minimum Gasteiger partial charge on any atom is -0.487 e. The van der Waals surface area contributed by atoms with E-state index in [1.54, 1.807) is 43.3 Å². The molecular formula is C23H19N3O4. The Balaban J connectivity index is 1.35. The van der Waals surface area contributed by atoms with Gasteiger partial charge in [0.25, 0.3) is 5.56 Å². The minimum atomic E-state index is -0.298. The molecule has 0 radical (unpaired) electrons. The maximum atomic E-state index is 12.0. The number of rotatable bonds is 6. The van der Waals surface area contributed by atoms with E-state index in [9.17, 15) is 9.59 Å². The number of carbonyl (C=O) groups excluding carboxylic acids is 1. The third-order valence-electron chi connectivity index (χ3n) is 4.26. The molecule has 7 nitrogen and oxygen atoms in total. The molecular weight excluding hydrogens is 382 g/mol. The first-order valence-corrected chi connectivity index (χ1v) is 9.33. The van der Waals surface area contributed by atoms with Crippen LogP contribution in [0.4, 0.5) is 5.69 Å². The Morgan fingerprint density at radius 2 is 1.90 bits per heavy atom. The molecule has 0 unspecified atom stereocenters. The van der Waals surface area contributed by atoms with Crippen molar-refractivity contribution in [1.29, 1.82) is 0 Å². The summed E-state index contributed by atoms with van der Waals surface area (Å²) in [5.74, 6) is 0.980. The number of amides is 1. The molecule has 4 rings (SSSR count). The smallest absolute Gasteiger partial charge is 0.287 e. The summed E-state index contributed by atoms with van der Waals surface area (Å²) in [6, 6.07) is 19.6. The van der Waals surface area contributed by atoms with Crippen molar-refractivity contribution >= 4 is 23.3 Å². The number of carbonyl (C=O) groups is 1. The van der Waals surface area contributed by atoms with Gasteiger partial charge in [0, 0.05) is 23.9 Å². The van der Waals surface area contributed by atoms with Crippen molar-refractivity contribution in [2.45, 2.75) is 13.5 Å². The second kappa shape index (κ2) is 8.48.